The molecule has 0 bridgehead atoms. The molecule has 1 saturated carbocycles. The Balaban J connectivity index is 1.89. The van der Waals surface area contributed by atoms with Crippen LogP contribution < -0.4 is 0 Å². The van der Waals surface area contributed by atoms with E-state index in [0.717, 1.165) is 32.1 Å². The highest BCUT2D eigenvalue weighted by Crippen LogP contribution is 2.23. The second-order valence-corrected chi connectivity index (χ2v) is 5.82. The van der Waals surface area contributed by atoms with Gasteiger partial charge in [0.2, 0.25) is 0 Å². The van der Waals surface area contributed by atoms with E-state index in [9.17, 15) is 5.11 Å². The van der Waals surface area contributed by atoms with Crippen molar-refractivity contribution in [3.8, 4) is 11.8 Å². The first-order chi connectivity index (χ1) is 10.3. The summed E-state index contributed by atoms with van der Waals surface area (Å²) in [5.74, 6) is 6.66. The number of hydrogen-bond acceptors (Lipinski definition) is 2. The summed E-state index contributed by atoms with van der Waals surface area (Å²) in [6.07, 6.45) is 5.95. The van der Waals surface area contributed by atoms with Crippen molar-refractivity contribution in [3.05, 3.63) is 35.9 Å². The molecule has 1 aromatic carbocycles. The lowest BCUT2D eigenvalue weighted by Crippen LogP contribution is -2.23. The molecule has 0 aromatic heterocycles. The fourth-order valence-electron chi connectivity index (χ4n) is 2.71. The van der Waals surface area contributed by atoms with Crippen LogP contribution >= 0.6 is 0 Å². The van der Waals surface area contributed by atoms with Crippen LogP contribution in [0.3, 0.4) is 0 Å². The summed E-state index contributed by atoms with van der Waals surface area (Å²) in [5.41, 5.74) is 1.18. The maximum atomic E-state index is 9.98. The fourth-order valence-corrected chi connectivity index (χ4v) is 2.71. The summed E-state index contributed by atoms with van der Waals surface area (Å²) in [6.45, 7) is 2.75. The Labute approximate surface area is 128 Å². The molecule has 0 saturated heterocycles. The Morgan fingerprint density at radius 3 is 2.71 bits per heavy atom. The zero-order valence-corrected chi connectivity index (χ0v) is 12.9. The van der Waals surface area contributed by atoms with Crippen LogP contribution in [-0.4, -0.2) is 17.3 Å². The number of benzene rings is 1. The molecule has 0 aliphatic heterocycles. The number of aliphatic hydroxyl groups excluding tert-OH is 1. The third-order valence-corrected chi connectivity index (χ3v) is 4.00. The Morgan fingerprint density at radius 1 is 1.24 bits per heavy atom. The highest BCUT2D eigenvalue weighted by molar-refractivity contribution is 5.14. The monoisotopic (exact) mass is 286 g/mol. The van der Waals surface area contributed by atoms with Crippen LogP contribution in [-0.2, 0) is 11.3 Å². The van der Waals surface area contributed by atoms with E-state index in [0.29, 0.717) is 6.61 Å². The van der Waals surface area contributed by atoms with E-state index in [2.05, 4.69) is 30.9 Å². The van der Waals surface area contributed by atoms with E-state index < -0.39 is 0 Å². The van der Waals surface area contributed by atoms with Gasteiger partial charge in [-0.15, -0.1) is 0 Å². The van der Waals surface area contributed by atoms with Gasteiger partial charge < -0.3 is 9.84 Å². The van der Waals surface area contributed by atoms with Crippen LogP contribution in [0.15, 0.2) is 30.3 Å². The van der Waals surface area contributed by atoms with Gasteiger partial charge >= 0.3 is 0 Å². The normalized spacial score (nSPS) is 23.1. The molecular formula is C19H26O2. The minimum Gasteiger partial charge on any atom is -0.392 e. The first kappa shape index (κ1) is 16.1. The molecule has 3 atom stereocenters. The SMILES string of the molecule is CCCC(C#CC1CCCCC1O)OCc1ccccc1. The van der Waals surface area contributed by atoms with E-state index in [4.69, 9.17) is 4.74 Å². The van der Waals surface area contributed by atoms with Crippen molar-refractivity contribution >= 4 is 0 Å². The van der Waals surface area contributed by atoms with Crippen molar-refractivity contribution in [2.24, 2.45) is 5.92 Å². The van der Waals surface area contributed by atoms with Gasteiger partial charge in [-0.05, 0) is 24.8 Å². The molecule has 114 valence electrons. The summed E-state index contributed by atoms with van der Waals surface area (Å²) >= 11 is 0. The van der Waals surface area contributed by atoms with Crippen LogP contribution in [0.1, 0.15) is 51.0 Å². The molecule has 1 N–H and O–H groups in total. The Hall–Kier alpha value is -1.30. The predicted octanol–water partition coefficient (Wildman–Crippen LogP) is 3.93. The Kier molecular flexibility index (Phi) is 6.79. The average molecular weight is 286 g/mol. The lowest BCUT2D eigenvalue weighted by atomic mass is 9.87. The highest BCUT2D eigenvalue weighted by atomic mass is 16.5. The van der Waals surface area contributed by atoms with Gasteiger partial charge in [0, 0.05) is 5.92 Å². The molecule has 1 fully saturated rings. The van der Waals surface area contributed by atoms with Crippen LogP contribution in [0.2, 0.25) is 0 Å². The molecule has 0 heterocycles. The van der Waals surface area contributed by atoms with Crippen LogP contribution in [0, 0.1) is 17.8 Å². The Bertz CT molecular complexity index is 457. The molecule has 1 aliphatic carbocycles. The smallest absolute Gasteiger partial charge is 0.118 e. The van der Waals surface area contributed by atoms with Gasteiger partial charge in [-0.2, -0.15) is 0 Å². The topological polar surface area (TPSA) is 29.5 Å². The minimum atomic E-state index is -0.248. The minimum absolute atomic E-state index is 0.0238. The third-order valence-electron chi connectivity index (χ3n) is 4.00. The van der Waals surface area contributed by atoms with Gasteiger partial charge in [-0.25, -0.2) is 0 Å². The van der Waals surface area contributed by atoms with Crippen LogP contribution in [0.5, 0.6) is 0 Å². The molecule has 1 aliphatic rings. The second-order valence-electron chi connectivity index (χ2n) is 5.82. The number of rotatable bonds is 5. The summed E-state index contributed by atoms with van der Waals surface area (Å²) in [7, 11) is 0. The van der Waals surface area contributed by atoms with E-state index in [1.54, 1.807) is 0 Å². The van der Waals surface area contributed by atoms with E-state index in [-0.39, 0.29) is 18.1 Å². The molecular weight excluding hydrogens is 260 g/mol. The molecule has 0 spiro atoms. The van der Waals surface area contributed by atoms with Crippen molar-refractivity contribution in [1.82, 2.24) is 0 Å². The highest BCUT2D eigenvalue weighted by Gasteiger charge is 2.21. The first-order valence-electron chi connectivity index (χ1n) is 8.14. The zero-order chi connectivity index (χ0) is 14.9. The number of aliphatic hydroxyl groups is 1. The lowest BCUT2D eigenvalue weighted by molar-refractivity contribution is 0.0710. The van der Waals surface area contributed by atoms with Gasteiger partial charge in [0.25, 0.3) is 0 Å². The van der Waals surface area contributed by atoms with Crippen molar-refractivity contribution in [2.45, 2.75) is 64.3 Å². The van der Waals surface area contributed by atoms with Crippen molar-refractivity contribution in [1.29, 1.82) is 0 Å². The van der Waals surface area contributed by atoms with Crippen molar-refractivity contribution in [3.63, 3.8) is 0 Å². The molecule has 0 radical (unpaired) electrons. The lowest BCUT2D eigenvalue weighted by Gasteiger charge is -2.23. The summed E-state index contributed by atoms with van der Waals surface area (Å²) in [4.78, 5) is 0. The molecule has 2 rings (SSSR count). The van der Waals surface area contributed by atoms with Gasteiger partial charge in [0.1, 0.15) is 6.10 Å². The summed E-state index contributed by atoms with van der Waals surface area (Å²) in [6, 6.07) is 10.2. The predicted molar refractivity (Wildman–Crippen MR) is 85.7 cm³/mol. The standard InChI is InChI=1S/C19H26O2/c1-2-8-18(21-15-16-9-4-3-5-10-16)14-13-17-11-6-7-12-19(17)20/h3-5,9-10,17-20H,2,6-8,11-12,15H2,1H3. The molecule has 2 heteroatoms. The van der Waals surface area contributed by atoms with Gasteiger partial charge in [-0.3, -0.25) is 0 Å². The number of hydrogen-bond donors (Lipinski definition) is 1. The van der Waals surface area contributed by atoms with Crippen LogP contribution in [0.25, 0.3) is 0 Å². The van der Waals surface area contributed by atoms with Crippen molar-refractivity contribution < 1.29 is 9.84 Å². The average Bonchev–Trinajstić information content (AvgIpc) is 2.52. The maximum absolute atomic E-state index is 9.98. The summed E-state index contributed by atoms with van der Waals surface area (Å²) < 4.78 is 5.94. The van der Waals surface area contributed by atoms with Gasteiger partial charge in [0.15, 0.2) is 0 Å². The van der Waals surface area contributed by atoms with E-state index in [1.165, 1.54) is 12.0 Å². The van der Waals surface area contributed by atoms with Crippen LogP contribution in [0.4, 0.5) is 0 Å². The largest absolute Gasteiger partial charge is 0.392 e. The first-order valence-corrected chi connectivity index (χ1v) is 8.14. The number of ether oxygens (including phenoxy) is 1. The van der Waals surface area contributed by atoms with E-state index >= 15 is 0 Å². The molecule has 0 amide bonds. The summed E-state index contributed by atoms with van der Waals surface area (Å²) in [5, 5.41) is 9.98. The fraction of sp³-hybridized carbons (Fsp3) is 0.579. The second kappa shape index (κ2) is 8.87. The molecule has 3 unspecified atom stereocenters. The molecule has 21 heavy (non-hydrogen) atoms. The van der Waals surface area contributed by atoms with Gasteiger partial charge in [-0.1, -0.05) is 68.4 Å². The zero-order valence-electron chi connectivity index (χ0n) is 12.9. The van der Waals surface area contributed by atoms with Gasteiger partial charge in [0.05, 0.1) is 12.7 Å². The quantitative estimate of drug-likeness (QED) is 0.831. The van der Waals surface area contributed by atoms with E-state index in [1.807, 2.05) is 18.2 Å². The maximum Gasteiger partial charge on any atom is 0.118 e. The Morgan fingerprint density at radius 2 is 2.00 bits per heavy atom. The molecule has 1 aromatic rings. The van der Waals surface area contributed by atoms with Crippen molar-refractivity contribution in [2.75, 3.05) is 0 Å². The third kappa shape index (κ3) is 5.53. The molecule has 2 nitrogen and oxygen atoms in total.